The van der Waals surface area contributed by atoms with Gasteiger partial charge >= 0.3 is 0 Å². The Morgan fingerprint density at radius 1 is 1.15 bits per heavy atom. The molecule has 0 bridgehead atoms. The average Bonchev–Trinajstić information content (AvgIpc) is 2.83. The van der Waals surface area contributed by atoms with Gasteiger partial charge in [0.05, 0.1) is 17.7 Å². The summed E-state index contributed by atoms with van der Waals surface area (Å²) in [5, 5.41) is 12.6. The van der Waals surface area contributed by atoms with Crippen LogP contribution in [0.15, 0.2) is 72.3 Å². The molecule has 174 valence electrons. The number of carbonyl (C=O) groups is 1. The number of nitrogens with one attached hydrogen (secondary N) is 1. The molecular formula is C27H24ClFN2O3. The lowest BCUT2D eigenvalue weighted by atomic mass is 10.1. The molecule has 0 aromatic heterocycles. The number of nitrogens with zero attached hydrogens (tertiary/aromatic N) is 1. The van der Waals surface area contributed by atoms with Crippen LogP contribution in [-0.2, 0) is 11.4 Å². The van der Waals surface area contributed by atoms with Crippen LogP contribution in [0, 0.1) is 17.1 Å². The Hall–Kier alpha value is -3.82. The molecule has 0 aliphatic heterocycles. The highest BCUT2D eigenvalue weighted by Gasteiger charge is 2.17. The Morgan fingerprint density at radius 2 is 1.85 bits per heavy atom. The molecule has 0 saturated heterocycles. The van der Waals surface area contributed by atoms with Gasteiger partial charge < -0.3 is 14.8 Å². The largest absolute Gasteiger partial charge is 0.490 e. The van der Waals surface area contributed by atoms with Crippen molar-refractivity contribution in [1.29, 1.82) is 5.26 Å². The van der Waals surface area contributed by atoms with Crippen molar-refractivity contribution in [2.45, 2.75) is 26.5 Å². The Bertz CT molecular complexity index is 1220. The van der Waals surface area contributed by atoms with Crippen LogP contribution in [-0.4, -0.2) is 12.5 Å². The molecule has 1 atom stereocenters. The molecule has 0 spiro atoms. The molecule has 34 heavy (non-hydrogen) atoms. The van der Waals surface area contributed by atoms with Crippen molar-refractivity contribution < 1.29 is 18.7 Å². The smallest absolute Gasteiger partial charge is 0.262 e. The van der Waals surface area contributed by atoms with Crippen LogP contribution in [0.1, 0.15) is 36.6 Å². The second-order valence-corrected chi connectivity index (χ2v) is 7.83. The average molecular weight is 479 g/mol. The number of ether oxygens (including phenoxy) is 2. The van der Waals surface area contributed by atoms with Crippen LogP contribution in [0.3, 0.4) is 0 Å². The van der Waals surface area contributed by atoms with Gasteiger partial charge in [0.1, 0.15) is 24.1 Å². The summed E-state index contributed by atoms with van der Waals surface area (Å²) in [6.07, 6.45) is 1.43. The number of hydrogen-bond donors (Lipinski definition) is 1. The van der Waals surface area contributed by atoms with Crippen LogP contribution in [0.25, 0.3) is 6.08 Å². The molecule has 0 radical (unpaired) electrons. The number of rotatable bonds is 9. The van der Waals surface area contributed by atoms with Crippen molar-refractivity contribution in [3.05, 3.63) is 99.8 Å². The van der Waals surface area contributed by atoms with E-state index >= 15 is 0 Å². The summed E-state index contributed by atoms with van der Waals surface area (Å²) in [5.41, 5.74) is 1.71. The number of carbonyl (C=O) groups excluding carboxylic acids is 1. The summed E-state index contributed by atoms with van der Waals surface area (Å²) in [6.45, 7) is 3.94. The van der Waals surface area contributed by atoms with E-state index in [0.29, 0.717) is 23.5 Å². The van der Waals surface area contributed by atoms with E-state index in [9.17, 15) is 14.4 Å². The van der Waals surface area contributed by atoms with E-state index < -0.39 is 5.91 Å². The van der Waals surface area contributed by atoms with Crippen molar-refractivity contribution in [3.8, 4) is 17.6 Å². The minimum Gasteiger partial charge on any atom is -0.490 e. The van der Waals surface area contributed by atoms with Gasteiger partial charge in [-0.3, -0.25) is 4.79 Å². The number of nitriles is 1. The van der Waals surface area contributed by atoms with E-state index in [-0.39, 0.29) is 34.8 Å². The first-order valence-corrected chi connectivity index (χ1v) is 11.1. The summed E-state index contributed by atoms with van der Waals surface area (Å²) in [6, 6.07) is 20.6. The summed E-state index contributed by atoms with van der Waals surface area (Å²) >= 11 is 6.44. The molecule has 0 aliphatic carbocycles. The lowest BCUT2D eigenvalue weighted by Crippen LogP contribution is -2.27. The fraction of sp³-hybridized carbons (Fsp3) is 0.185. The maximum absolute atomic E-state index is 13.9. The Balaban J connectivity index is 1.83. The molecule has 7 heteroatoms. The van der Waals surface area contributed by atoms with Crippen LogP contribution in [0.4, 0.5) is 4.39 Å². The molecule has 0 aliphatic rings. The predicted octanol–water partition coefficient (Wildman–Crippen LogP) is 6.24. The Morgan fingerprint density at radius 3 is 2.53 bits per heavy atom. The lowest BCUT2D eigenvalue weighted by molar-refractivity contribution is -0.117. The first kappa shape index (κ1) is 24.8. The van der Waals surface area contributed by atoms with Gasteiger partial charge in [-0.15, -0.1) is 0 Å². The van der Waals surface area contributed by atoms with Crippen LogP contribution in [0.2, 0.25) is 5.02 Å². The van der Waals surface area contributed by atoms with Crippen molar-refractivity contribution in [1.82, 2.24) is 5.32 Å². The molecule has 0 fully saturated rings. The second-order valence-electron chi connectivity index (χ2n) is 7.42. The van der Waals surface area contributed by atoms with Crippen molar-refractivity contribution >= 4 is 23.6 Å². The highest BCUT2D eigenvalue weighted by atomic mass is 35.5. The van der Waals surface area contributed by atoms with Gasteiger partial charge in [-0.05, 0) is 49.2 Å². The molecule has 5 nitrogen and oxygen atoms in total. The monoisotopic (exact) mass is 478 g/mol. The first-order chi connectivity index (χ1) is 16.4. The normalized spacial score (nSPS) is 11.9. The summed E-state index contributed by atoms with van der Waals surface area (Å²) in [5.74, 6) is -0.309. The molecule has 3 aromatic carbocycles. The second kappa shape index (κ2) is 11.9. The molecule has 3 aromatic rings. The highest BCUT2D eigenvalue weighted by Crippen LogP contribution is 2.38. The fourth-order valence-electron chi connectivity index (χ4n) is 3.25. The van der Waals surface area contributed by atoms with E-state index in [4.69, 9.17) is 21.1 Å². The van der Waals surface area contributed by atoms with E-state index in [1.54, 1.807) is 37.3 Å². The van der Waals surface area contributed by atoms with Crippen molar-refractivity contribution in [2.24, 2.45) is 0 Å². The Kier molecular flexibility index (Phi) is 8.66. The molecule has 1 N–H and O–H groups in total. The molecule has 0 unspecified atom stereocenters. The van der Waals surface area contributed by atoms with Gasteiger partial charge in [0.15, 0.2) is 11.5 Å². The quantitative estimate of drug-likeness (QED) is 0.292. The van der Waals surface area contributed by atoms with Gasteiger partial charge in [0.25, 0.3) is 5.91 Å². The fourth-order valence-corrected chi connectivity index (χ4v) is 3.53. The minimum absolute atomic E-state index is 0.0368. The van der Waals surface area contributed by atoms with E-state index in [1.807, 2.05) is 43.3 Å². The number of benzene rings is 3. The zero-order valence-electron chi connectivity index (χ0n) is 18.8. The van der Waals surface area contributed by atoms with E-state index in [2.05, 4.69) is 5.32 Å². The SMILES string of the molecule is CCOc1cc(/C=C(/C#N)C(=O)N[C@H](C)c2ccccc2)cc(Cl)c1OCc1ccccc1F. The maximum atomic E-state index is 13.9. The topological polar surface area (TPSA) is 71.3 Å². The molecule has 0 heterocycles. The number of hydrogen-bond acceptors (Lipinski definition) is 4. The standard InChI is InChI=1S/C27H24ClFN2O3/c1-3-33-25-15-19(14-23(28)26(25)34-17-21-11-7-8-12-24(21)29)13-22(16-30)27(32)31-18(2)20-9-5-4-6-10-20/h4-15,18H,3,17H2,1-2H3,(H,31,32)/b22-13-/t18-/m1/s1. The third-order valence-corrected chi connectivity index (χ3v) is 5.27. The Labute approximate surface area is 203 Å². The first-order valence-electron chi connectivity index (χ1n) is 10.7. The third kappa shape index (κ3) is 6.37. The summed E-state index contributed by atoms with van der Waals surface area (Å²) in [4.78, 5) is 12.7. The van der Waals surface area contributed by atoms with Crippen LogP contribution in [0.5, 0.6) is 11.5 Å². The van der Waals surface area contributed by atoms with E-state index in [1.165, 1.54) is 12.1 Å². The molecule has 3 rings (SSSR count). The predicted molar refractivity (Wildman–Crippen MR) is 130 cm³/mol. The summed E-state index contributed by atoms with van der Waals surface area (Å²) in [7, 11) is 0. The zero-order chi connectivity index (χ0) is 24.5. The van der Waals surface area contributed by atoms with Gasteiger partial charge in [-0.25, -0.2) is 4.39 Å². The van der Waals surface area contributed by atoms with Crippen molar-refractivity contribution in [2.75, 3.05) is 6.61 Å². The number of amides is 1. The van der Waals surface area contributed by atoms with Gasteiger partial charge in [0.2, 0.25) is 0 Å². The molecule has 1 amide bonds. The van der Waals surface area contributed by atoms with Gasteiger partial charge in [-0.2, -0.15) is 5.26 Å². The van der Waals surface area contributed by atoms with Crippen molar-refractivity contribution in [3.63, 3.8) is 0 Å². The highest BCUT2D eigenvalue weighted by molar-refractivity contribution is 6.32. The third-order valence-electron chi connectivity index (χ3n) is 4.98. The number of halogens is 2. The van der Waals surface area contributed by atoms with Crippen LogP contribution < -0.4 is 14.8 Å². The molecular weight excluding hydrogens is 455 g/mol. The van der Waals surface area contributed by atoms with E-state index in [0.717, 1.165) is 5.56 Å². The van der Waals surface area contributed by atoms with Gasteiger partial charge in [0, 0.05) is 5.56 Å². The maximum Gasteiger partial charge on any atom is 0.262 e. The molecule has 0 saturated carbocycles. The van der Waals surface area contributed by atoms with Gasteiger partial charge in [-0.1, -0.05) is 60.1 Å². The zero-order valence-corrected chi connectivity index (χ0v) is 19.6. The van der Waals surface area contributed by atoms with Crippen LogP contribution >= 0.6 is 11.6 Å². The summed E-state index contributed by atoms with van der Waals surface area (Å²) < 4.78 is 25.4. The minimum atomic E-state index is -0.507. The lowest BCUT2D eigenvalue weighted by Gasteiger charge is -2.15.